The normalized spacial score (nSPS) is 19.5. The maximum atomic E-state index is 14.4. The molecule has 3 rings (SSSR count). The molecule has 0 bridgehead atoms. The fourth-order valence-electron chi connectivity index (χ4n) is 3.10. The van der Waals surface area contributed by atoms with Crippen molar-refractivity contribution in [3.8, 4) is 0 Å². The van der Waals surface area contributed by atoms with Gasteiger partial charge < -0.3 is 10.6 Å². The van der Waals surface area contributed by atoms with Crippen LogP contribution in [0.25, 0.3) is 0 Å². The SMILES string of the molecule is Cc1cc(C2CCNCC2)cc(F)c1C(=O)NCC1CC1. The second-order valence-corrected chi connectivity index (χ2v) is 6.37. The van der Waals surface area contributed by atoms with Crippen molar-refractivity contribution in [2.24, 2.45) is 5.92 Å². The minimum Gasteiger partial charge on any atom is -0.352 e. The average molecular weight is 290 g/mol. The van der Waals surface area contributed by atoms with E-state index in [1.54, 1.807) is 6.07 Å². The number of carbonyl (C=O) groups excluding carboxylic acids is 1. The molecule has 21 heavy (non-hydrogen) atoms. The predicted octanol–water partition coefficient (Wildman–Crippen LogP) is 2.74. The Morgan fingerprint density at radius 3 is 2.62 bits per heavy atom. The number of benzene rings is 1. The van der Waals surface area contributed by atoms with E-state index in [9.17, 15) is 9.18 Å². The molecule has 1 aromatic rings. The third-order valence-electron chi connectivity index (χ3n) is 4.60. The van der Waals surface area contributed by atoms with Crippen molar-refractivity contribution in [2.45, 2.75) is 38.5 Å². The van der Waals surface area contributed by atoms with Gasteiger partial charge in [0.2, 0.25) is 0 Å². The van der Waals surface area contributed by atoms with E-state index < -0.39 is 0 Å². The molecule has 1 heterocycles. The molecule has 0 aromatic heterocycles. The van der Waals surface area contributed by atoms with E-state index in [2.05, 4.69) is 10.6 Å². The number of halogens is 1. The number of nitrogens with one attached hydrogen (secondary N) is 2. The van der Waals surface area contributed by atoms with Crippen LogP contribution < -0.4 is 10.6 Å². The van der Waals surface area contributed by atoms with Crippen molar-refractivity contribution in [2.75, 3.05) is 19.6 Å². The lowest BCUT2D eigenvalue weighted by atomic mass is 9.88. The third-order valence-corrected chi connectivity index (χ3v) is 4.60. The Kier molecular flexibility index (Phi) is 4.24. The van der Waals surface area contributed by atoms with Gasteiger partial charge in [0.1, 0.15) is 5.82 Å². The third kappa shape index (κ3) is 3.43. The van der Waals surface area contributed by atoms with E-state index in [-0.39, 0.29) is 17.3 Å². The molecule has 2 aliphatic rings. The van der Waals surface area contributed by atoms with Crippen molar-refractivity contribution in [1.29, 1.82) is 0 Å². The second-order valence-electron chi connectivity index (χ2n) is 6.37. The molecule has 2 N–H and O–H groups in total. The summed E-state index contributed by atoms with van der Waals surface area (Å²) in [6.45, 7) is 4.47. The van der Waals surface area contributed by atoms with Crippen molar-refractivity contribution >= 4 is 5.91 Å². The van der Waals surface area contributed by atoms with Gasteiger partial charge in [-0.1, -0.05) is 6.07 Å². The highest BCUT2D eigenvalue weighted by Crippen LogP contribution is 2.29. The van der Waals surface area contributed by atoms with Crippen molar-refractivity contribution < 1.29 is 9.18 Å². The zero-order valence-electron chi connectivity index (χ0n) is 12.5. The van der Waals surface area contributed by atoms with E-state index in [1.807, 2.05) is 13.0 Å². The van der Waals surface area contributed by atoms with Crippen LogP contribution in [-0.4, -0.2) is 25.5 Å². The highest BCUT2D eigenvalue weighted by atomic mass is 19.1. The van der Waals surface area contributed by atoms with Gasteiger partial charge in [0, 0.05) is 6.54 Å². The summed E-state index contributed by atoms with van der Waals surface area (Å²) in [5.74, 6) is 0.361. The summed E-state index contributed by atoms with van der Waals surface area (Å²) in [5, 5.41) is 6.17. The van der Waals surface area contributed by atoms with Gasteiger partial charge in [0.05, 0.1) is 5.56 Å². The van der Waals surface area contributed by atoms with Crippen LogP contribution in [0.5, 0.6) is 0 Å². The fourth-order valence-corrected chi connectivity index (χ4v) is 3.10. The molecule has 1 amide bonds. The van der Waals surface area contributed by atoms with Crippen LogP contribution in [0.15, 0.2) is 12.1 Å². The lowest BCUT2D eigenvalue weighted by molar-refractivity contribution is 0.0947. The van der Waals surface area contributed by atoms with Crippen LogP contribution in [0.4, 0.5) is 4.39 Å². The van der Waals surface area contributed by atoms with E-state index in [0.29, 0.717) is 18.4 Å². The minimum absolute atomic E-state index is 0.216. The Balaban J connectivity index is 1.76. The average Bonchev–Trinajstić information content (AvgIpc) is 3.29. The van der Waals surface area contributed by atoms with Crippen molar-refractivity contribution in [3.05, 3.63) is 34.6 Å². The highest BCUT2D eigenvalue weighted by Gasteiger charge is 2.24. The number of aryl methyl sites for hydroxylation is 1. The predicted molar refractivity (Wildman–Crippen MR) is 81.0 cm³/mol. The summed E-state index contributed by atoms with van der Waals surface area (Å²) in [6, 6.07) is 3.56. The lowest BCUT2D eigenvalue weighted by Crippen LogP contribution is -2.28. The largest absolute Gasteiger partial charge is 0.352 e. The number of rotatable bonds is 4. The van der Waals surface area contributed by atoms with Crippen LogP contribution in [0, 0.1) is 18.7 Å². The molecule has 114 valence electrons. The van der Waals surface area contributed by atoms with E-state index in [1.165, 1.54) is 12.8 Å². The van der Waals surface area contributed by atoms with Crippen molar-refractivity contribution in [1.82, 2.24) is 10.6 Å². The number of hydrogen-bond donors (Lipinski definition) is 2. The number of hydrogen-bond acceptors (Lipinski definition) is 2. The Morgan fingerprint density at radius 2 is 2.00 bits per heavy atom. The maximum absolute atomic E-state index is 14.4. The van der Waals surface area contributed by atoms with Crippen LogP contribution in [0.3, 0.4) is 0 Å². The topological polar surface area (TPSA) is 41.1 Å². The first-order valence-electron chi connectivity index (χ1n) is 7.94. The quantitative estimate of drug-likeness (QED) is 0.895. The second kappa shape index (κ2) is 6.14. The number of amides is 1. The summed E-state index contributed by atoms with van der Waals surface area (Å²) in [6.07, 6.45) is 4.42. The Morgan fingerprint density at radius 1 is 1.29 bits per heavy atom. The molecule has 3 nitrogen and oxygen atoms in total. The maximum Gasteiger partial charge on any atom is 0.254 e. The summed E-state index contributed by atoms with van der Waals surface area (Å²) in [4.78, 5) is 12.1. The van der Waals surface area contributed by atoms with Crippen LogP contribution in [0.1, 0.15) is 53.1 Å². The number of carbonyl (C=O) groups is 1. The fraction of sp³-hybridized carbons (Fsp3) is 0.588. The summed E-state index contributed by atoms with van der Waals surface area (Å²) in [5.41, 5.74) is 2.00. The summed E-state index contributed by atoms with van der Waals surface area (Å²) >= 11 is 0. The van der Waals surface area contributed by atoms with Crippen molar-refractivity contribution in [3.63, 3.8) is 0 Å². The molecular formula is C17H23FN2O. The molecule has 2 fully saturated rings. The Labute approximate surface area is 125 Å². The van der Waals surface area contributed by atoms with Gasteiger partial charge in [-0.2, -0.15) is 0 Å². The zero-order chi connectivity index (χ0) is 14.8. The van der Waals surface area contributed by atoms with Gasteiger partial charge in [-0.25, -0.2) is 4.39 Å². The molecule has 1 aliphatic carbocycles. The Bertz CT molecular complexity index is 511. The molecular weight excluding hydrogens is 267 g/mol. The first-order chi connectivity index (χ1) is 10.1. The van der Waals surface area contributed by atoms with Gasteiger partial charge in [-0.15, -0.1) is 0 Å². The van der Waals surface area contributed by atoms with Gasteiger partial charge in [0.15, 0.2) is 0 Å². The molecule has 1 saturated carbocycles. The minimum atomic E-state index is -0.378. The zero-order valence-corrected chi connectivity index (χ0v) is 12.5. The molecule has 0 radical (unpaired) electrons. The lowest BCUT2D eigenvalue weighted by Gasteiger charge is -2.24. The molecule has 1 aliphatic heterocycles. The van der Waals surface area contributed by atoms with E-state index in [4.69, 9.17) is 0 Å². The van der Waals surface area contributed by atoms with E-state index >= 15 is 0 Å². The van der Waals surface area contributed by atoms with Gasteiger partial charge >= 0.3 is 0 Å². The molecule has 0 spiro atoms. The summed E-state index contributed by atoms with van der Waals surface area (Å²) < 4.78 is 14.4. The first kappa shape index (κ1) is 14.5. The highest BCUT2D eigenvalue weighted by molar-refractivity contribution is 5.96. The monoisotopic (exact) mass is 290 g/mol. The number of piperidine rings is 1. The van der Waals surface area contributed by atoms with Gasteiger partial charge in [0.25, 0.3) is 5.91 Å². The smallest absolute Gasteiger partial charge is 0.254 e. The van der Waals surface area contributed by atoms with Crippen LogP contribution >= 0.6 is 0 Å². The standard InChI is InChI=1S/C17H23FN2O/c1-11-8-14(13-4-6-19-7-5-13)9-15(18)16(11)17(21)20-10-12-2-3-12/h8-9,12-13,19H,2-7,10H2,1H3,(H,20,21). The van der Waals surface area contributed by atoms with Gasteiger partial charge in [-0.05, 0) is 74.7 Å². The van der Waals surface area contributed by atoms with Gasteiger partial charge in [-0.3, -0.25) is 4.79 Å². The molecule has 1 aromatic carbocycles. The molecule has 4 heteroatoms. The summed E-state index contributed by atoms with van der Waals surface area (Å²) in [7, 11) is 0. The first-order valence-corrected chi connectivity index (χ1v) is 7.94. The van der Waals surface area contributed by atoms with Crippen LogP contribution in [0.2, 0.25) is 0 Å². The Hall–Kier alpha value is -1.42. The molecule has 1 saturated heterocycles. The molecule has 0 atom stereocenters. The van der Waals surface area contributed by atoms with Crippen LogP contribution in [-0.2, 0) is 0 Å². The molecule has 0 unspecified atom stereocenters. The van der Waals surface area contributed by atoms with E-state index in [0.717, 1.165) is 37.1 Å².